The van der Waals surface area contributed by atoms with Gasteiger partial charge in [0.05, 0.1) is 12.4 Å². The minimum atomic E-state index is 0.545. The predicted molar refractivity (Wildman–Crippen MR) is 46.4 cm³/mol. The highest BCUT2D eigenvalue weighted by atomic mass is 16.5. The molecule has 0 aromatic rings. The van der Waals surface area contributed by atoms with E-state index >= 15 is 0 Å². The minimum absolute atomic E-state index is 0.545. The van der Waals surface area contributed by atoms with Crippen molar-refractivity contribution in [3.05, 3.63) is 12.3 Å². The number of hydrogen-bond acceptors (Lipinski definition) is 2. The van der Waals surface area contributed by atoms with Gasteiger partial charge in [0.25, 0.3) is 0 Å². The molecule has 0 radical (unpaired) electrons. The molecule has 0 spiro atoms. The van der Waals surface area contributed by atoms with Crippen LogP contribution >= 0.6 is 0 Å². The van der Waals surface area contributed by atoms with Crippen LogP contribution < -0.4 is 5.32 Å². The fourth-order valence-corrected chi connectivity index (χ4v) is 1.43. The molecule has 1 aliphatic heterocycles. The van der Waals surface area contributed by atoms with Crippen LogP contribution in [0.15, 0.2) is 12.3 Å². The molecule has 64 valence electrons. The molecule has 1 saturated heterocycles. The average molecular weight is 155 g/mol. The van der Waals surface area contributed by atoms with Gasteiger partial charge in [-0.05, 0) is 26.3 Å². The standard InChI is InChI=1S/C9H17NO/c1-3-11-8(2)9-5-4-6-10-7-9/h9-10H,2-7H2,1H3. The van der Waals surface area contributed by atoms with E-state index in [2.05, 4.69) is 11.9 Å². The summed E-state index contributed by atoms with van der Waals surface area (Å²) < 4.78 is 5.35. The lowest BCUT2D eigenvalue weighted by atomic mass is 9.98. The van der Waals surface area contributed by atoms with E-state index in [1.165, 1.54) is 12.8 Å². The monoisotopic (exact) mass is 155 g/mol. The number of rotatable bonds is 3. The molecule has 0 amide bonds. The summed E-state index contributed by atoms with van der Waals surface area (Å²) in [6.45, 7) is 8.84. The molecule has 1 atom stereocenters. The Morgan fingerprint density at radius 1 is 1.73 bits per heavy atom. The number of nitrogens with one attached hydrogen (secondary N) is 1. The largest absolute Gasteiger partial charge is 0.499 e. The number of hydrogen-bond donors (Lipinski definition) is 1. The van der Waals surface area contributed by atoms with Crippen molar-refractivity contribution in [3.63, 3.8) is 0 Å². The molecular weight excluding hydrogens is 138 g/mol. The van der Waals surface area contributed by atoms with Crippen molar-refractivity contribution in [2.75, 3.05) is 19.7 Å². The summed E-state index contributed by atoms with van der Waals surface area (Å²) in [5, 5.41) is 3.33. The summed E-state index contributed by atoms with van der Waals surface area (Å²) in [4.78, 5) is 0. The predicted octanol–water partition coefficient (Wildman–Crippen LogP) is 1.54. The summed E-state index contributed by atoms with van der Waals surface area (Å²) in [7, 11) is 0. The van der Waals surface area contributed by atoms with E-state index in [0.717, 1.165) is 25.5 Å². The van der Waals surface area contributed by atoms with Crippen LogP contribution in [0.1, 0.15) is 19.8 Å². The molecular formula is C9H17NO. The van der Waals surface area contributed by atoms with Crippen molar-refractivity contribution >= 4 is 0 Å². The minimum Gasteiger partial charge on any atom is -0.499 e. The molecule has 1 aliphatic rings. The van der Waals surface area contributed by atoms with E-state index < -0.39 is 0 Å². The van der Waals surface area contributed by atoms with E-state index in [0.29, 0.717) is 5.92 Å². The van der Waals surface area contributed by atoms with Crippen molar-refractivity contribution in [1.82, 2.24) is 5.32 Å². The SMILES string of the molecule is C=C(OCC)C1CCCNC1. The van der Waals surface area contributed by atoms with Crippen LogP contribution in [0.25, 0.3) is 0 Å². The molecule has 2 nitrogen and oxygen atoms in total. The van der Waals surface area contributed by atoms with Crippen LogP contribution in [-0.2, 0) is 4.74 Å². The lowest BCUT2D eigenvalue weighted by molar-refractivity contribution is 0.179. The smallest absolute Gasteiger partial charge is 0.0931 e. The molecule has 11 heavy (non-hydrogen) atoms. The van der Waals surface area contributed by atoms with Crippen molar-refractivity contribution in [3.8, 4) is 0 Å². The van der Waals surface area contributed by atoms with Gasteiger partial charge < -0.3 is 10.1 Å². The fraction of sp³-hybridized carbons (Fsp3) is 0.778. The second kappa shape index (κ2) is 4.39. The van der Waals surface area contributed by atoms with E-state index in [1.54, 1.807) is 0 Å². The Bertz CT molecular complexity index is 128. The van der Waals surface area contributed by atoms with Crippen molar-refractivity contribution in [2.24, 2.45) is 5.92 Å². The Labute approximate surface area is 68.6 Å². The maximum atomic E-state index is 5.35. The number of ether oxygens (including phenoxy) is 1. The van der Waals surface area contributed by atoms with E-state index in [1.807, 2.05) is 6.92 Å². The van der Waals surface area contributed by atoms with Gasteiger partial charge in [-0.3, -0.25) is 0 Å². The summed E-state index contributed by atoms with van der Waals surface area (Å²) in [6, 6.07) is 0. The van der Waals surface area contributed by atoms with E-state index in [-0.39, 0.29) is 0 Å². The van der Waals surface area contributed by atoms with Crippen molar-refractivity contribution in [1.29, 1.82) is 0 Å². The molecule has 2 heteroatoms. The van der Waals surface area contributed by atoms with Crippen LogP contribution in [0.3, 0.4) is 0 Å². The first-order valence-corrected chi connectivity index (χ1v) is 4.37. The molecule has 0 aromatic heterocycles. The van der Waals surface area contributed by atoms with Crippen LogP contribution in [-0.4, -0.2) is 19.7 Å². The Morgan fingerprint density at radius 2 is 2.55 bits per heavy atom. The Morgan fingerprint density at radius 3 is 3.09 bits per heavy atom. The van der Waals surface area contributed by atoms with E-state index in [4.69, 9.17) is 4.74 Å². The van der Waals surface area contributed by atoms with Crippen molar-refractivity contribution < 1.29 is 4.74 Å². The number of piperidine rings is 1. The van der Waals surface area contributed by atoms with Gasteiger partial charge in [-0.15, -0.1) is 0 Å². The van der Waals surface area contributed by atoms with Gasteiger partial charge in [0.1, 0.15) is 0 Å². The first-order valence-electron chi connectivity index (χ1n) is 4.37. The zero-order chi connectivity index (χ0) is 8.10. The highest BCUT2D eigenvalue weighted by molar-refractivity contribution is 4.93. The fourth-order valence-electron chi connectivity index (χ4n) is 1.43. The lowest BCUT2D eigenvalue weighted by Crippen LogP contribution is -2.31. The molecule has 1 fully saturated rings. The Kier molecular flexibility index (Phi) is 3.43. The summed E-state index contributed by atoms with van der Waals surface area (Å²) in [6.07, 6.45) is 2.47. The third kappa shape index (κ3) is 2.54. The molecule has 0 bridgehead atoms. The van der Waals surface area contributed by atoms with Gasteiger partial charge in [-0.1, -0.05) is 6.58 Å². The maximum absolute atomic E-state index is 5.35. The van der Waals surface area contributed by atoms with Crippen LogP contribution in [0.5, 0.6) is 0 Å². The third-order valence-corrected chi connectivity index (χ3v) is 2.08. The molecule has 0 aromatic carbocycles. The van der Waals surface area contributed by atoms with Gasteiger partial charge in [0, 0.05) is 12.5 Å². The normalized spacial score (nSPS) is 24.6. The average Bonchev–Trinajstić information content (AvgIpc) is 2.07. The van der Waals surface area contributed by atoms with Crippen LogP contribution in [0, 0.1) is 5.92 Å². The lowest BCUT2D eigenvalue weighted by Gasteiger charge is -2.24. The first-order chi connectivity index (χ1) is 5.34. The van der Waals surface area contributed by atoms with Crippen LogP contribution in [0.2, 0.25) is 0 Å². The molecule has 1 unspecified atom stereocenters. The second-order valence-corrected chi connectivity index (χ2v) is 2.94. The topological polar surface area (TPSA) is 21.3 Å². The zero-order valence-electron chi connectivity index (χ0n) is 7.23. The van der Waals surface area contributed by atoms with Crippen LogP contribution in [0.4, 0.5) is 0 Å². The molecule has 0 saturated carbocycles. The highest BCUT2D eigenvalue weighted by Gasteiger charge is 2.16. The highest BCUT2D eigenvalue weighted by Crippen LogP contribution is 2.18. The summed E-state index contributed by atoms with van der Waals surface area (Å²) in [5.41, 5.74) is 0. The summed E-state index contributed by atoms with van der Waals surface area (Å²) in [5.74, 6) is 1.50. The molecule has 0 aliphatic carbocycles. The van der Waals surface area contributed by atoms with Gasteiger partial charge in [0.15, 0.2) is 0 Å². The Balaban J connectivity index is 2.27. The first kappa shape index (κ1) is 8.60. The van der Waals surface area contributed by atoms with E-state index in [9.17, 15) is 0 Å². The quantitative estimate of drug-likeness (QED) is 0.624. The van der Waals surface area contributed by atoms with Crippen molar-refractivity contribution in [2.45, 2.75) is 19.8 Å². The molecule has 1 N–H and O–H groups in total. The van der Waals surface area contributed by atoms with Gasteiger partial charge in [0.2, 0.25) is 0 Å². The molecule has 1 heterocycles. The summed E-state index contributed by atoms with van der Waals surface area (Å²) >= 11 is 0. The third-order valence-electron chi connectivity index (χ3n) is 2.08. The van der Waals surface area contributed by atoms with Gasteiger partial charge in [-0.25, -0.2) is 0 Å². The van der Waals surface area contributed by atoms with Gasteiger partial charge >= 0.3 is 0 Å². The Hall–Kier alpha value is -0.500. The zero-order valence-corrected chi connectivity index (χ0v) is 7.23. The maximum Gasteiger partial charge on any atom is 0.0931 e. The second-order valence-electron chi connectivity index (χ2n) is 2.94. The van der Waals surface area contributed by atoms with Gasteiger partial charge in [-0.2, -0.15) is 0 Å². The molecule has 1 rings (SSSR count).